The molecule has 1 nitrogen and oxygen atoms in total. The first kappa shape index (κ1) is 13.7. The van der Waals surface area contributed by atoms with Gasteiger partial charge in [-0.1, -0.05) is 36.4 Å². The lowest BCUT2D eigenvalue weighted by molar-refractivity contribution is 0.242. The van der Waals surface area contributed by atoms with Crippen molar-refractivity contribution in [2.45, 2.75) is 40.2 Å². The largest absolute Gasteiger partial charge is 0.304 e. The third-order valence-electron chi connectivity index (χ3n) is 2.88. The SMILES string of the molecule is CC(C)C(CI)CCN(C)C(C)C. The minimum atomic E-state index is 0.682. The lowest BCUT2D eigenvalue weighted by atomic mass is 9.94. The molecule has 1 atom stereocenters. The van der Waals surface area contributed by atoms with Crippen LogP contribution in [0.2, 0.25) is 0 Å². The first-order chi connectivity index (χ1) is 5.99. The van der Waals surface area contributed by atoms with E-state index >= 15 is 0 Å². The van der Waals surface area contributed by atoms with Gasteiger partial charge >= 0.3 is 0 Å². The number of alkyl halides is 1. The molecular formula is C11H24IN. The zero-order valence-corrected chi connectivity index (χ0v) is 11.8. The van der Waals surface area contributed by atoms with Crippen molar-refractivity contribution in [3.05, 3.63) is 0 Å². The number of halogens is 1. The van der Waals surface area contributed by atoms with Crippen molar-refractivity contribution >= 4 is 22.6 Å². The Morgan fingerprint density at radius 3 is 2.00 bits per heavy atom. The third kappa shape index (κ3) is 5.89. The summed E-state index contributed by atoms with van der Waals surface area (Å²) in [4.78, 5) is 2.43. The van der Waals surface area contributed by atoms with Gasteiger partial charge in [-0.3, -0.25) is 0 Å². The molecule has 0 saturated carbocycles. The minimum Gasteiger partial charge on any atom is -0.304 e. The molecule has 0 aliphatic carbocycles. The Morgan fingerprint density at radius 1 is 1.15 bits per heavy atom. The molecule has 0 N–H and O–H groups in total. The second kappa shape index (κ2) is 7.04. The molecule has 0 amide bonds. The smallest absolute Gasteiger partial charge is 0.00355 e. The lowest BCUT2D eigenvalue weighted by Crippen LogP contribution is -2.29. The van der Waals surface area contributed by atoms with E-state index in [1.54, 1.807) is 0 Å². The highest BCUT2D eigenvalue weighted by Crippen LogP contribution is 2.18. The molecule has 2 heteroatoms. The van der Waals surface area contributed by atoms with Crippen LogP contribution in [0.15, 0.2) is 0 Å². The molecule has 0 aliphatic heterocycles. The second-order valence-electron chi connectivity index (χ2n) is 4.52. The van der Waals surface area contributed by atoms with Crippen LogP contribution in [-0.2, 0) is 0 Å². The standard InChI is InChI=1S/C11H24IN/c1-9(2)11(8-12)6-7-13(5)10(3)4/h9-11H,6-8H2,1-5H3. The maximum atomic E-state index is 2.51. The van der Waals surface area contributed by atoms with Crippen LogP contribution >= 0.6 is 22.6 Å². The second-order valence-corrected chi connectivity index (χ2v) is 5.40. The summed E-state index contributed by atoms with van der Waals surface area (Å²) < 4.78 is 1.29. The number of hydrogen-bond acceptors (Lipinski definition) is 1. The van der Waals surface area contributed by atoms with Crippen molar-refractivity contribution in [3.8, 4) is 0 Å². The highest BCUT2D eigenvalue weighted by atomic mass is 127. The predicted octanol–water partition coefficient (Wildman–Crippen LogP) is 3.42. The highest BCUT2D eigenvalue weighted by Gasteiger charge is 2.13. The van der Waals surface area contributed by atoms with Gasteiger partial charge in [0.2, 0.25) is 0 Å². The van der Waals surface area contributed by atoms with Gasteiger partial charge in [-0.15, -0.1) is 0 Å². The van der Waals surface area contributed by atoms with Crippen molar-refractivity contribution in [2.75, 3.05) is 18.0 Å². The monoisotopic (exact) mass is 297 g/mol. The van der Waals surface area contributed by atoms with E-state index in [1.807, 2.05) is 0 Å². The molecule has 0 bridgehead atoms. The Balaban J connectivity index is 3.72. The van der Waals surface area contributed by atoms with Crippen molar-refractivity contribution < 1.29 is 0 Å². The third-order valence-corrected chi connectivity index (χ3v) is 4.01. The summed E-state index contributed by atoms with van der Waals surface area (Å²) >= 11 is 2.51. The molecule has 0 radical (unpaired) electrons. The van der Waals surface area contributed by atoms with Gasteiger partial charge in [-0.05, 0) is 45.7 Å². The summed E-state index contributed by atoms with van der Waals surface area (Å²) in [6.07, 6.45) is 1.34. The Labute approximate surface area is 97.4 Å². The van der Waals surface area contributed by atoms with E-state index < -0.39 is 0 Å². The maximum absolute atomic E-state index is 2.51. The predicted molar refractivity (Wildman–Crippen MR) is 69.6 cm³/mol. The van der Waals surface area contributed by atoms with Crippen LogP contribution in [0.4, 0.5) is 0 Å². The number of hydrogen-bond donors (Lipinski definition) is 0. The van der Waals surface area contributed by atoms with Crippen LogP contribution in [0, 0.1) is 11.8 Å². The Kier molecular flexibility index (Phi) is 7.42. The topological polar surface area (TPSA) is 3.24 Å². The van der Waals surface area contributed by atoms with Crippen LogP contribution in [0.1, 0.15) is 34.1 Å². The Bertz CT molecular complexity index is 123. The van der Waals surface area contributed by atoms with Gasteiger partial charge < -0.3 is 4.90 Å². The fourth-order valence-electron chi connectivity index (χ4n) is 1.22. The molecule has 0 spiro atoms. The molecule has 0 aliphatic rings. The van der Waals surface area contributed by atoms with Gasteiger partial charge in [0.1, 0.15) is 0 Å². The fourth-order valence-corrected chi connectivity index (χ4v) is 2.67. The molecule has 0 fully saturated rings. The van der Waals surface area contributed by atoms with Crippen LogP contribution in [0.5, 0.6) is 0 Å². The quantitative estimate of drug-likeness (QED) is 0.536. The molecule has 0 aromatic heterocycles. The van der Waals surface area contributed by atoms with Gasteiger partial charge in [0.15, 0.2) is 0 Å². The van der Waals surface area contributed by atoms with Gasteiger partial charge in [0.05, 0.1) is 0 Å². The van der Waals surface area contributed by atoms with E-state index in [2.05, 4.69) is 62.2 Å². The Hall–Kier alpha value is 0.690. The molecule has 0 aromatic carbocycles. The van der Waals surface area contributed by atoms with Crippen molar-refractivity contribution in [1.29, 1.82) is 0 Å². The molecule has 0 saturated heterocycles. The average molecular weight is 297 g/mol. The first-order valence-electron chi connectivity index (χ1n) is 5.25. The summed E-state index contributed by atoms with van der Waals surface area (Å²) in [6, 6.07) is 0.682. The van der Waals surface area contributed by atoms with Gasteiger partial charge in [0.25, 0.3) is 0 Å². The molecule has 0 heterocycles. The van der Waals surface area contributed by atoms with Crippen molar-refractivity contribution in [2.24, 2.45) is 11.8 Å². The molecule has 80 valence electrons. The zero-order chi connectivity index (χ0) is 10.4. The van der Waals surface area contributed by atoms with E-state index in [4.69, 9.17) is 0 Å². The van der Waals surface area contributed by atoms with Crippen molar-refractivity contribution in [3.63, 3.8) is 0 Å². The maximum Gasteiger partial charge on any atom is 0.00355 e. The lowest BCUT2D eigenvalue weighted by Gasteiger charge is -2.25. The van der Waals surface area contributed by atoms with E-state index in [9.17, 15) is 0 Å². The summed E-state index contributed by atoms with van der Waals surface area (Å²) in [6.45, 7) is 10.4. The minimum absolute atomic E-state index is 0.682. The van der Waals surface area contributed by atoms with Crippen LogP contribution in [-0.4, -0.2) is 29.0 Å². The highest BCUT2D eigenvalue weighted by molar-refractivity contribution is 14.1. The number of nitrogens with zero attached hydrogens (tertiary/aromatic N) is 1. The van der Waals surface area contributed by atoms with Crippen LogP contribution in [0.25, 0.3) is 0 Å². The van der Waals surface area contributed by atoms with E-state index in [0.717, 1.165) is 11.8 Å². The van der Waals surface area contributed by atoms with Crippen LogP contribution in [0.3, 0.4) is 0 Å². The Morgan fingerprint density at radius 2 is 1.69 bits per heavy atom. The van der Waals surface area contributed by atoms with Crippen molar-refractivity contribution in [1.82, 2.24) is 4.90 Å². The van der Waals surface area contributed by atoms with E-state index in [1.165, 1.54) is 17.4 Å². The van der Waals surface area contributed by atoms with E-state index in [-0.39, 0.29) is 0 Å². The fraction of sp³-hybridized carbons (Fsp3) is 1.00. The zero-order valence-electron chi connectivity index (χ0n) is 9.68. The summed E-state index contributed by atoms with van der Waals surface area (Å²) in [7, 11) is 2.22. The molecule has 13 heavy (non-hydrogen) atoms. The molecule has 0 aromatic rings. The summed E-state index contributed by atoms with van der Waals surface area (Å²) in [5.74, 6) is 1.72. The van der Waals surface area contributed by atoms with Gasteiger partial charge in [-0.25, -0.2) is 0 Å². The van der Waals surface area contributed by atoms with Crippen LogP contribution < -0.4 is 0 Å². The number of rotatable bonds is 6. The summed E-state index contributed by atoms with van der Waals surface area (Å²) in [5, 5.41) is 0. The van der Waals surface area contributed by atoms with E-state index in [0.29, 0.717) is 6.04 Å². The molecule has 1 unspecified atom stereocenters. The van der Waals surface area contributed by atoms with Gasteiger partial charge in [-0.2, -0.15) is 0 Å². The first-order valence-corrected chi connectivity index (χ1v) is 6.77. The normalized spacial score (nSPS) is 14.5. The summed E-state index contributed by atoms with van der Waals surface area (Å²) in [5.41, 5.74) is 0. The molecular weight excluding hydrogens is 273 g/mol. The van der Waals surface area contributed by atoms with Gasteiger partial charge in [0, 0.05) is 10.5 Å². The average Bonchev–Trinajstić information content (AvgIpc) is 2.04. The molecule has 0 rings (SSSR count).